The second kappa shape index (κ2) is 5.77. The first-order valence-electron chi connectivity index (χ1n) is 5.84. The van der Waals surface area contributed by atoms with Crippen molar-refractivity contribution < 1.29 is 8.42 Å². The van der Waals surface area contributed by atoms with Gasteiger partial charge in [0, 0.05) is 5.56 Å². The molecule has 0 saturated heterocycles. The molecule has 0 spiro atoms. The van der Waals surface area contributed by atoms with Crippen LogP contribution in [0, 0.1) is 18.8 Å². The molecule has 0 bridgehead atoms. The third kappa shape index (κ3) is 3.17. The van der Waals surface area contributed by atoms with Gasteiger partial charge in [-0.3, -0.25) is 4.72 Å². The topological polar surface area (TPSA) is 101 Å². The number of nitrogens with one attached hydrogen (secondary N) is 2. The standard InChI is InChI=1S/C13H14N4O2S/c1-10-4-5-11(3-2-6-14)12(7-10)17-20(18,19)13-8-15-9-16-13/h4-5,7-9,17H,6,14H2,1H3,(H,15,16). The maximum Gasteiger partial charge on any atom is 0.279 e. The smallest absolute Gasteiger partial charge is 0.279 e. The predicted octanol–water partition coefficient (Wildman–Crippen LogP) is 0.829. The van der Waals surface area contributed by atoms with E-state index in [0.29, 0.717) is 11.3 Å². The van der Waals surface area contributed by atoms with Gasteiger partial charge in [-0.15, -0.1) is 0 Å². The number of imidazole rings is 1. The summed E-state index contributed by atoms with van der Waals surface area (Å²) in [5.41, 5.74) is 7.25. The zero-order chi connectivity index (χ0) is 14.6. The molecule has 7 heteroatoms. The number of nitrogens with zero attached hydrogens (tertiary/aromatic N) is 1. The Hall–Kier alpha value is -2.30. The number of aromatic amines is 1. The lowest BCUT2D eigenvalue weighted by Crippen LogP contribution is -2.14. The number of anilines is 1. The van der Waals surface area contributed by atoms with Crippen LogP contribution in [0.5, 0.6) is 0 Å². The van der Waals surface area contributed by atoms with Crippen molar-refractivity contribution >= 4 is 15.7 Å². The van der Waals surface area contributed by atoms with Crippen LogP contribution >= 0.6 is 0 Å². The maximum atomic E-state index is 12.1. The van der Waals surface area contributed by atoms with E-state index in [9.17, 15) is 8.42 Å². The highest BCUT2D eigenvalue weighted by molar-refractivity contribution is 7.92. The summed E-state index contributed by atoms with van der Waals surface area (Å²) in [4.78, 5) is 6.26. The summed E-state index contributed by atoms with van der Waals surface area (Å²) in [5.74, 6) is 5.55. The van der Waals surface area contributed by atoms with Crippen molar-refractivity contribution in [3.63, 3.8) is 0 Å². The highest BCUT2D eigenvalue weighted by Gasteiger charge is 2.17. The summed E-state index contributed by atoms with van der Waals surface area (Å²) in [6.07, 6.45) is 2.54. The molecule has 0 atom stereocenters. The predicted molar refractivity (Wildman–Crippen MR) is 76.5 cm³/mol. The molecule has 0 amide bonds. The molecule has 1 heterocycles. The zero-order valence-corrected chi connectivity index (χ0v) is 11.7. The lowest BCUT2D eigenvalue weighted by Gasteiger charge is -2.09. The molecule has 0 aliphatic rings. The van der Waals surface area contributed by atoms with E-state index in [2.05, 4.69) is 26.5 Å². The minimum atomic E-state index is -3.70. The van der Waals surface area contributed by atoms with E-state index in [1.807, 2.05) is 13.0 Å². The summed E-state index contributed by atoms with van der Waals surface area (Å²) < 4.78 is 26.8. The molecule has 0 radical (unpaired) electrons. The third-order valence-corrected chi connectivity index (χ3v) is 3.80. The van der Waals surface area contributed by atoms with Gasteiger partial charge in [-0.25, -0.2) is 4.98 Å². The van der Waals surface area contributed by atoms with Gasteiger partial charge in [0.25, 0.3) is 10.0 Å². The Labute approximate surface area is 117 Å². The van der Waals surface area contributed by atoms with Crippen LogP contribution in [0.4, 0.5) is 5.69 Å². The molecular formula is C13H14N4O2S. The average Bonchev–Trinajstić information content (AvgIpc) is 2.92. The van der Waals surface area contributed by atoms with Gasteiger partial charge >= 0.3 is 0 Å². The van der Waals surface area contributed by atoms with Gasteiger partial charge in [-0.05, 0) is 24.6 Å². The minimum Gasteiger partial charge on any atom is -0.334 e. The fraction of sp³-hybridized carbons (Fsp3) is 0.154. The van der Waals surface area contributed by atoms with Crippen LogP contribution in [0.1, 0.15) is 11.1 Å². The molecule has 4 N–H and O–H groups in total. The molecular weight excluding hydrogens is 276 g/mol. The van der Waals surface area contributed by atoms with Crippen molar-refractivity contribution in [2.24, 2.45) is 5.73 Å². The van der Waals surface area contributed by atoms with Gasteiger partial charge < -0.3 is 10.7 Å². The number of aromatic nitrogens is 2. The lowest BCUT2D eigenvalue weighted by atomic mass is 10.1. The van der Waals surface area contributed by atoms with Crippen molar-refractivity contribution in [3.05, 3.63) is 41.9 Å². The monoisotopic (exact) mass is 290 g/mol. The van der Waals surface area contributed by atoms with Crippen molar-refractivity contribution in [2.45, 2.75) is 11.9 Å². The number of nitrogens with two attached hydrogens (primary N) is 1. The zero-order valence-electron chi connectivity index (χ0n) is 10.8. The van der Waals surface area contributed by atoms with Crippen LogP contribution in [0.25, 0.3) is 0 Å². The van der Waals surface area contributed by atoms with Crippen LogP contribution < -0.4 is 10.5 Å². The van der Waals surface area contributed by atoms with Crippen molar-refractivity contribution in [2.75, 3.05) is 11.3 Å². The van der Waals surface area contributed by atoms with Crippen molar-refractivity contribution in [3.8, 4) is 11.8 Å². The molecule has 0 unspecified atom stereocenters. The average molecular weight is 290 g/mol. The molecule has 0 fully saturated rings. The molecule has 20 heavy (non-hydrogen) atoms. The van der Waals surface area contributed by atoms with Crippen LogP contribution in [0.15, 0.2) is 35.7 Å². The number of benzene rings is 1. The number of aryl methyl sites for hydroxylation is 1. The fourth-order valence-corrected chi connectivity index (χ4v) is 2.56. The summed E-state index contributed by atoms with van der Waals surface area (Å²) in [6.45, 7) is 2.08. The molecule has 2 aromatic rings. The van der Waals surface area contributed by atoms with Gasteiger partial charge in [0.1, 0.15) is 0 Å². The summed E-state index contributed by atoms with van der Waals surface area (Å²) in [6, 6.07) is 5.33. The molecule has 0 aliphatic heterocycles. The molecule has 1 aromatic carbocycles. The largest absolute Gasteiger partial charge is 0.334 e. The molecule has 1 aromatic heterocycles. The molecule has 2 rings (SSSR count). The van der Waals surface area contributed by atoms with Gasteiger partial charge in [-0.2, -0.15) is 8.42 Å². The number of hydrogen-bond donors (Lipinski definition) is 3. The number of hydrogen-bond acceptors (Lipinski definition) is 4. The van der Waals surface area contributed by atoms with E-state index in [0.717, 1.165) is 5.56 Å². The first kappa shape index (κ1) is 14.1. The van der Waals surface area contributed by atoms with Gasteiger partial charge in [-0.1, -0.05) is 17.9 Å². The normalized spacial score (nSPS) is 10.7. The molecule has 0 aliphatic carbocycles. The maximum absolute atomic E-state index is 12.1. The Morgan fingerprint density at radius 1 is 1.45 bits per heavy atom. The Morgan fingerprint density at radius 3 is 2.90 bits per heavy atom. The Kier molecular flexibility index (Phi) is 4.08. The second-order valence-corrected chi connectivity index (χ2v) is 5.73. The summed E-state index contributed by atoms with van der Waals surface area (Å²) in [7, 11) is -3.70. The summed E-state index contributed by atoms with van der Waals surface area (Å²) >= 11 is 0. The Balaban J connectivity index is 2.40. The van der Waals surface area contributed by atoms with E-state index in [1.54, 1.807) is 12.1 Å². The summed E-state index contributed by atoms with van der Waals surface area (Å²) in [5, 5.41) is -0.00302. The third-order valence-electron chi connectivity index (χ3n) is 2.51. The number of rotatable bonds is 3. The van der Waals surface area contributed by atoms with Gasteiger partial charge in [0.15, 0.2) is 5.03 Å². The molecule has 104 valence electrons. The Morgan fingerprint density at radius 2 is 2.25 bits per heavy atom. The van der Waals surface area contributed by atoms with E-state index >= 15 is 0 Å². The number of sulfonamides is 1. The van der Waals surface area contributed by atoms with E-state index < -0.39 is 10.0 Å². The first-order valence-corrected chi connectivity index (χ1v) is 7.32. The lowest BCUT2D eigenvalue weighted by molar-refractivity contribution is 0.598. The molecule has 0 saturated carbocycles. The minimum absolute atomic E-state index is 0.00302. The Bertz CT molecular complexity index is 755. The quantitative estimate of drug-likeness (QED) is 0.729. The van der Waals surface area contributed by atoms with Crippen LogP contribution in [-0.4, -0.2) is 24.9 Å². The first-order chi connectivity index (χ1) is 9.53. The van der Waals surface area contributed by atoms with Crippen molar-refractivity contribution in [1.82, 2.24) is 9.97 Å². The van der Waals surface area contributed by atoms with Gasteiger partial charge in [0.05, 0.1) is 24.8 Å². The SMILES string of the molecule is Cc1ccc(C#CCN)c(NS(=O)(=O)c2cnc[nH]2)c1. The fourth-order valence-electron chi connectivity index (χ4n) is 1.59. The highest BCUT2D eigenvalue weighted by Crippen LogP contribution is 2.20. The highest BCUT2D eigenvalue weighted by atomic mass is 32.2. The number of H-pyrrole nitrogens is 1. The second-order valence-electron chi connectivity index (χ2n) is 4.08. The van der Waals surface area contributed by atoms with E-state index in [4.69, 9.17) is 5.73 Å². The van der Waals surface area contributed by atoms with Gasteiger partial charge in [0.2, 0.25) is 0 Å². The van der Waals surface area contributed by atoms with Crippen LogP contribution in [-0.2, 0) is 10.0 Å². The van der Waals surface area contributed by atoms with Crippen LogP contribution in [0.2, 0.25) is 0 Å². The molecule has 6 nitrogen and oxygen atoms in total. The van der Waals surface area contributed by atoms with E-state index in [-0.39, 0.29) is 11.6 Å². The van der Waals surface area contributed by atoms with E-state index in [1.165, 1.54) is 12.5 Å². The van der Waals surface area contributed by atoms with Crippen molar-refractivity contribution in [1.29, 1.82) is 0 Å². The van der Waals surface area contributed by atoms with Crippen LogP contribution in [0.3, 0.4) is 0 Å².